The Bertz CT molecular complexity index is 248. The zero-order chi connectivity index (χ0) is 12.7. The van der Waals surface area contributed by atoms with Gasteiger partial charge in [-0.05, 0) is 24.7 Å². The van der Waals surface area contributed by atoms with Gasteiger partial charge in [-0.1, -0.05) is 32.5 Å². The highest BCUT2D eigenvalue weighted by atomic mass is 32.2. The predicted octanol–water partition coefficient (Wildman–Crippen LogP) is 2.91. The molecule has 1 atom stereocenters. The normalized spacial score (nSPS) is 23.8. The van der Waals surface area contributed by atoms with Gasteiger partial charge in [0.2, 0.25) is 0 Å². The van der Waals surface area contributed by atoms with E-state index >= 15 is 0 Å². The van der Waals surface area contributed by atoms with E-state index in [2.05, 4.69) is 31.1 Å². The van der Waals surface area contributed by atoms with Crippen molar-refractivity contribution in [3.8, 4) is 0 Å². The molecule has 1 aliphatic heterocycles. The Labute approximate surface area is 110 Å². The fourth-order valence-electron chi connectivity index (χ4n) is 1.82. The molecule has 0 aromatic carbocycles. The third-order valence-electron chi connectivity index (χ3n) is 3.00. The lowest BCUT2D eigenvalue weighted by atomic mass is 9.85. The van der Waals surface area contributed by atoms with E-state index in [-0.39, 0.29) is 0 Å². The minimum absolute atomic E-state index is 0.317. The maximum atomic E-state index is 5.03. The van der Waals surface area contributed by atoms with E-state index in [0.29, 0.717) is 11.5 Å². The van der Waals surface area contributed by atoms with Gasteiger partial charge in [-0.15, -0.1) is 0 Å². The van der Waals surface area contributed by atoms with Crippen molar-refractivity contribution in [1.29, 1.82) is 0 Å². The first-order chi connectivity index (χ1) is 8.04. The lowest BCUT2D eigenvalue weighted by Crippen LogP contribution is -2.46. The Morgan fingerprint density at radius 3 is 2.82 bits per heavy atom. The van der Waals surface area contributed by atoms with Gasteiger partial charge in [0.1, 0.15) is 0 Å². The summed E-state index contributed by atoms with van der Waals surface area (Å²) in [6, 6.07) is 0.557. The third kappa shape index (κ3) is 5.77. The topological polar surface area (TPSA) is 33.6 Å². The maximum absolute atomic E-state index is 5.03. The second kappa shape index (κ2) is 7.27. The second-order valence-corrected chi connectivity index (χ2v) is 6.67. The van der Waals surface area contributed by atoms with Crippen molar-refractivity contribution < 1.29 is 4.74 Å². The summed E-state index contributed by atoms with van der Waals surface area (Å²) in [5.74, 6) is 1.19. The summed E-state index contributed by atoms with van der Waals surface area (Å²) in [6.45, 7) is 8.62. The molecule has 1 aliphatic rings. The van der Waals surface area contributed by atoms with Gasteiger partial charge in [-0.3, -0.25) is 4.99 Å². The van der Waals surface area contributed by atoms with Crippen LogP contribution >= 0.6 is 11.8 Å². The molecule has 1 fully saturated rings. The minimum Gasteiger partial charge on any atom is -0.385 e. The molecular weight excluding hydrogens is 232 g/mol. The average Bonchev–Trinajstić information content (AvgIpc) is 2.28. The first kappa shape index (κ1) is 14.8. The standard InChI is InChI=1S/C13H26N2OS/c1-13(2,3)11-7-10-17-12(15-11)14-8-5-6-9-16-4/h11H,5-10H2,1-4H3,(H,14,15). The average molecular weight is 258 g/mol. The molecule has 4 heteroatoms. The van der Waals surface area contributed by atoms with Crippen molar-refractivity contribution >= 4 is 16.9 Å². The molecule has 1 rings (SSSR count). The number of unbranched alkanes of at least 4 members (excludes halogenated alkanes) is 1. The number of thioether (sulfide) groups is 1. The van der Waals surface area contributed by atoms with Crippen molar-refractivity contribution in [3.63, 3.8) is 0 Å². The molecule has 0 aromatic rings. The summed E-state index contributed by atoms with van der Waals surface area (Å²) in [5.41, 5.74) is 0.317. The summed E-state index contributed by atoms with van der Waals surface area (Å²) in [4.78, 5) is 4.63. The van der Waals surface area contributed by atoms with Crippen molar-refractivity contribution in [2.24, 2.45) is 10.4 Å². The van der Waals surface area contributed by atoms with Crippen molar-refractivity contribution in [2.45, 2.75) is 46.1 Å². The molecule has 0 saturated carbocycles. The highest BCUT2D eigenvalue weighted by Crippen LogP contribution is 2.27. The molecule has 1 saturated heterocycles. The Kier molecular flexibility index (Phi) is 6.34. The molecule has 0 aliphatic carbocycles. The molecule has 1 unspecified atom stereocenters. The number of rotatable bonds is 5. The molecule has 0 bridgehead atoms. The fourth-order valence-corrected chi connectivity index (χ4v) is 2.77. The Morgan fingerprint density at radius 2 is 2.18 bits per heavy atom. The summed E-state index contributed by atoms with van der Waals surface area (Å²) in [6.07, 6.45) is 3.44. The fraction of sp³-hybridized carbons (Fsp3) is 0.923. The van der Waals surface area contributed by atoms with E-state index in [1.165, 1.54) is 12.2 Å². The number of nitrogens with one attached hydrogen (secondary N) is 1. The molecule has 0 aromatic heterocycles. The van der Waals surface area contributed by atoms with Crippen molar-refractivity contribution in [3.05, 3.63) is 0 Å². The van der Waals surface area contributed by atoms with E-state index < -0.39 is 0 Å². The van der Waals surface area contributed by atoms with Gasteiger partial charge in [-0.25, -0.2) is 0 Å². The molecule has 1 N–H and O–H groups in total. The van der Waals surface area contributed by atoms with E-state index in [1.54, 1.807) is 7.11 Å². The van der Waals surface area contributed by atoms with Gasteiger partial charge in [0, 0.05) is 32.1 Å². The number of aliphatic imine (C=N–C) groups is 1. The van der Waals surface area contributed by atoms with E-state index in [9.17, 15) is 0 Å². The SMILES string of the molecule is COCCCCN=C1NC(C(C)(C)C)CCS1. The number of ether oxygens (including phenoxy) is 1. The van der Waals surface area contributed by atoms with Crippen LogP contribution < -0.4 is 5.32 Å². The smallest absolute Gasteiger partial charge is 0.156 e. The lowest BCUT2D eigenvalue weighted by molar-refractivity contribution is 0.193. The summed E-state index contributed by atoms with van der Waals surface area (Å²) in [5, 5.41) is 4.70. The summed E-state index contributed by atoms with van der Waals surface area (Å²) < 4.78 is 5.03. The van der Waals surface area contributed by atoms with Crippen LogP contribution in [0.15, 0.2) is 4.99 Å². The Hall–Kier alpha value is -0.220. The van der Waals surface area contributed by atoms with Crippen LogP contribution in [0.5, 0.6) is 0 Å². The van der Waals surface area contributed by atoms with Crippen LogP contribution in [0.3, 0.4) is 0 Å². The third-order valence-corrected chi connectivity index (χ3v) is 3.96. The number of hydrogen-bond donors (Lipinski definition) is 1. The zero-order valence-electron chi connectivity index (χ0n) is 11.6. The van der Waals surface area contributed by atoms with Crippen molar-refractivity contribution in [2.75, 3.05) is 26.0 Å². The van der Waals surface area contributed by atoms with Crippen LogP contribution in [-0.2, 0) is 4.74 Å². The van der Waals surface area contributed by atoms with Gasteiger partial charge >= 0.3 is 0 Å². The quantitative estimate of drug-likeness (QED) is 0.770. The predicted molar refractivity (Wildman–Crippen MR) is 76.9 cm³/mol. The first-order valence-electron chi connectivity index (χ1n) is 6.47. The van der Waals surface area contributed by atoms with Gasteiger partial charge in [0.25, 0.3) is 0 Å². The van der Waals surface area contributed by atoms with Gasteiger partial charge < -0.3 is 10.1 Å². The molecule has 3 nitrogen and oxygen atoms in total. The van der Waals surface area contributed by atoms with Gasteiger partial charge in [-0.2, -0.15) is 0 Å². The monoisotopic (exact) mass is 258 g/mol. The highest BCUT2D eigenvalue weighted by Gasteiger charge is 2.28. The number of amidine groups is 1. The van der Waals surface area contributed by atoms with E-state index in [0.717, 1.165) is 31.2 Å². The molecule has 0 amide bonds. The highest BCUT2D eigenvalue weighted by molar-refractivity contribution is 8.13. The van der Waals surface area contributed by atoms with Crippen LogP contribution in [0, 0.1) is 5.41 Å². The van der Waals surface area contributed by atoms with Crippen LogP contribution in [-0.4, -0.2) is 37.2 Å². The van der Waals surface area contributed by atoms with Crippen LogP contribution in [0.4, 0.5) is 0 Å². The lowest BCUT2D eigenvalue weighted by Gasteiger charge is -2.35. The van der Waals surface area contributed by atoms with Crippen LogP contribution in [0.1, 0.15) is 40.0 Å². The maximum Gasteiger partial charge on any atom is 0.156 e. The number of nitrogens with zero attached hydrogens (tertiary/aromatic N) is 1. The molecular formula is C13H26N2OS. The summed E-state index contributed by atoms with van der Waals surface area (Å²) in [7, 11) is 1.75. The largest absolute Gasteiger partial charge is 0.385 e. The minimum atomic E-state index is 0.317. The molecule has 17 heavy (non-hydrogen) atoms. The van der Waals surface area contributed by atoms with E-state index in [1.807, 2.05) is 11.8 Å². The first-order valence-corrected chi connectivity index (χ1v) is 7.45. The number of methoxy groups -OCH3 is 1. The molecule has 1 heterocycles. The Morgan fingerprint density at radius 1 is 1.41 bits per heavy atom. The number of hydrogen-bond acceptors (Lipinski definition) is 3. The second-order valence-electron chi connectivity index (χ2n) is 5.59. The van der Waals surface area contributed by atoms with Crippen LogP contribution in [0.2, 0.25) is 0 Å². The molecule has 0 radical (unpaired) electrons. The van der Waals surface area contributed by atoms with Gasteiger partial charge in [0.05, 0.1) is 0 Å². The van der Waals surface area contributed by atoms with E-state index in [4.69, 9.17) is 4.74 Å². The Balaban J connectivity index is 2.31. The van der Waals surface area contributed by atoms with Crippen LogP contribution in [0.25, 0.3) is 0 Å². The zero-order valence-corrected chi connectivity index (χ0v) is 12.4. The summed E-state index contributed by atoms with van der Waals surface area (Å²) >= 11 is 1.85. The van der Waals surface area contributed by atoms with Gasteiger partial charge in [0.15, 0.2) is 5.17 Å². The molecule has 100 valence electrons. The van der Waals surface area contributed by atoms with Crippen molar-refractivity contribution in [1.82, 2.24) is 5.32 Å². The molecule has 0 spiro atoms.